The van der Waals surface area contributed by atoms with Crippen LogP contribution in [-0.4, -0.2) is 41.4 Å². The summed E-state index contributed by atoms with van der Waals surface area (Å²) in [7, 11) is 0. The molecule has 1 aromatic rings. The summed E-state index contributed by atoms with van der Waals surface area (Å²) in [6.45, 7) is 2.87. The molecule has 118 valence electrons. The van der Waals surface area contributed by atoms with Crippen molar-refractivity contribution in [3.8, 4) is 0 Å². The van der Waals surface area contributed by atoms with Gasteiger partial charge < -0.3 is 10.2 Å². The zero-order valence-electron chi connectivity index (χ0n) is 12.0. The Labute approximate surface area is 140 Å². The fourth-order valence-electron chi connectivity index (χ4n) is 3.08. The molecule has 0 unspecified atom stereocenters. The first-order valence-corrected chi connectivity index (χ1v) is 8.74. The van der Waals surface area contributed by atoms with E-state index in [9.17, 15) is 14.4 Å². The van der Waals surface area contributed by atoms with Crippen LogP contribution in [-0.2, 0) is 4.79 Å². The number of imide groups is 1. The second kappa shape index (κ2) is 5.66. The molecule has 2 aliphatic heterocycles. The summed E-state index contributed by atoms with van der Waals surface area (Å²) in [4.78, 5) is 37.8. The van der Waals surface area contributed by atoms with Crippen molar-refractivity contribution in [1.82, 2.24) is 15.5 Å². The lowest BCUT2D eigenvalue weighted by molar-refractivity contribution is -0.125. The fourth-order valence-corrected chi connectivity index (χ4v) is 4.21. The molecule has 2 saturated heterocycles. The predicted molar refractivity (Wildman–Crippen MR) is 85.7 cm³/mol. The van der Waals surface area contributed by atoms with Gasteiger partial charge in [0.15, 0.2) is 0 Å². The maximum absolute atomic E-state index is 12.5. The van der Waals surface area contributed by atoms with Crippen LogP contribution < -0.4 is 10.6 Å². The van der Waals surface area contributed by atoms with Gasteiger partial charge in [0.05, 0.1) is 9.35 Å². The molecule has 3 rings (SSSR count). The van der Waals surface area contributed by atoms with E-state index in [0.717, 1.165) is 16.6 Å². The molecule has 2 atom stereocenters. The van der Waals surface area contributed by atoms with Gasteiger partial charge in [-0.2, -0.15) is 0 Å². The average Bonchev–Trinajstić information content (AvgIpc) is 3.03. The van der Waals surface area contributed by atoms with Crippen molar-refractivity contribution < 1.29 is 14.4 Å². The van der Waals surface area contributed by atoms with Crippen LogP contribution in [0.15, 0.2) is 15.2 Å². The Hall–Kier alpha value is -1.41. The Morgan fingerprint density at radius 3 is 2.86 bits per heavy atom. The van der Waals surface area contributed by atoms with E-state index in [-0.39, 0.29) is 17.7 Å². The highest BCUT2D eigenvalue weighted by Crippen LogP contribution is 2.31. The number of halogens is 1. The predicted octanol–water partition coefficient (Wildman–Crippen LogP) is 1.96. The van der Waals surface area contributed by atoms with E-state index in [2.05, 4.69) is 26.6 Å². The Morgan fingerprint density at radius 1 is 1.50 bits per heavy atom. The molecule has 0 saturated carbocycles. The smallest absolute Gasteiger partial charge is 0.322 e. The van der Waals surface area contributed by atoms with E-state index < -0.39 is 11.6 Å². The Bertz CT molecular complexity index is 647. The standard InChI is InChI=1S/C14H16BrN3O3S/c1-14(12(20)16-13(21)17-14)9-3-2-4-18(6-9)11(19)8-5-10(15)22-7-8/h5,7,9H,2-4,6H2,1H3,(H2,16,17,20,21)/t9-,14+/m0/s1. The summed E-state index contributed by atoms with van der Waals surface area (Å²) in [5.41, 5.74) is -0.284. The molecular weight excluding hydrogens is 370 g/mol. The van der Waals surface area contributed by atoms with Gasteiger partial charge in [0.1, 0.15) is 5.54 Å². The Balaban J connectivity index is 1.76. The van der Waals surface area contributed by atoms with Crippen molar-refractivity contribution in [1.29, 1.82) is 0 Å². The molecule has 4 amide bonds. The van der Waals surface area contributed by atoms with E-state index >= 15 is 0 Å². The topological polar surface area (TPSA) is 78.5 Å². The summed E-state index contributed by atoms with van der Waals surface area (Å²) in [6, 6.07) is 1.35. The molecule has 0 radical (unpaired) electrons. The van der Waals surface area contributed by atoms with E-state index in [4.69, 9.17) is 0 Å². The lowest BCUT2D eigenvalue weighted by Crippen LogP contribution is -2.56. The van der Waals surface area contributed by atoms with Gasteiger partial charge >= 0.3 is 6.03 Å². The Morgan fingerprint density at radius 2 is 2.27 bits per heavy atom. The molecule has 2 N–H and O–H groups in total. The van der Waals surface area contributed by atoms with Gasteiger partial charge in [-0.25, -0.2) is 4.79 Å². The quantitative estimate of drug-likeness (QED) is 0.763. The molecule has 0 aromatic carbocycles. The molecule has 8 heteroatoms. The molecule has 2 fully saturated rings. The SMILES string of the molecule is C[C@]1([C@H]2CCCN(C(=O)c3csc(Br)c3)C2)NC(=O)NC1=O. The summed E-state index contributed by atoms with van der Waals surface area (Å²) in [5, 5.41) is 6.82. The van der Waals surface area contributed by atoms with Crippen LogP contribution in [0, 0.1) is 5.92 Å². The van der Waals surface area contributed by atoms with Crippen molar-refractivity contribution >= 4 is 45.1 Å². The summed E-state index contributed by atoms with van der Waals surface area (Å²) in [6.07, 6.45) is 1.63. The van der Waals surface area contributed by atoms with Gasteiger partial charge in [0.2, 0.25) is 0 Å². The van der Waals surface area contributed by atoms with Crippen LogP contribution in [0.3, 0.4) is 0 Å². The van der Waals surface area contributed by atoms with Crippen LogP contribution in [0.5, 0.6) is 0 Å². The number of nitrogens with zero attached hydrogens (tertiary/aromatic N) is 1. The van der Waals surface area contributed by atoms with Crippen LogP contribution in [0.2, 0.25) is 0 Å². The van der Waals surface area contributed by atoms with Gasteiger partial charge in [-0.1, -0.05) is 0 Å². The van der Waals surface area contributed by atoms with E-state index in [1.807, 2.05) is 11.4 Å². The molecule has 0 aliphatic carbocycles. The van der Waals surface area contributed by atoms with Crippen LogP contribution in [0.25, 0.3) is 0 Å². The Kier molecular flexibility index (Phi) is 3.98. The number of thiophene rings is 1. The number of carbonyl (C=O) groups excluding carboxylic acids is 3. The number of piperidine rings is 1. The second-order valence-corrected chi connectivity index (χ2v) is 8.13. The first-order chi connectivity index (χ1) is 10.4. The molecule has 0 bridgehead atoms. The zero-order valence-corrected chi connectivity index (χ0v) is 14.4. The van der Waals surface area contributed by atoms with Gasteiger partial charge in [-0.3, -0.25) is 14.9 Å². The number of carbonyl (C=O) groups is 3. The number of nitrogens with one attached hydrogen (secondary N) is 2. The highest BCUT2D eigenvalue weighted by atomic mass is 79.9. The maximum atomic E-state index is 12.5. The first kappa shape index (κ1) is 15.5. The van der Waals surface area contributed by atoms with E-state index in [1.165, 1.54) is 11.3 Å². The van der Waals surface area contributed by atoms with Gasteiger partial charge in [-0.15, -0.1) is 11.3 Å². The van der Waals surface area contributed by atoms with Gasteiger partial charge in [-0.05, 0) is 41.8 Å². The van der Waals surface area contributed by atoms with Crippen molar-refractivity contribution in [2.45, 2.75) is 25.3 Å². The minimum atomic E-state index is -0.939. The summed E-state index contributed by atoms with van der Waals surface area (Å²) in [5.74, 6) is -0.422. The number of hydrogen-bond acceptors (Lipinski definition) is 4. The third-order valence-electron chi connectivity index (χ3n) is 4.41. The molecule has 3 heterocycles. The minimum Gasteiger partial charge on any atom is -0.338 e. The number of urea groups is 1. The van der Waals surface area contributed by atoms with Crippen LogP contribution in [0.1, 0.15) is 30.1 Å². The highest BCUT2D eigenvalue weighted by molar-refractivity contribution is 9.11. The number of hydrogen-bond donors (Lipinski definition) is 2. The normalized spacial score (nSPS) is 28.5. The molecule has 22 heavy (non-hydrogen) atoms. The summed E-state index contributed by atoms with van der Waals surface area (Å²) >= 11 is 4.83. The molecule has 6 nitrogen and oxygen atoms in total. The maximum Gasteiger partial charge on any atom is 0.322 e. The first-order valence-electron chi connectivity index (χ1n) is 7.07. The van der Waals surface area contributed by atoms with E-state index in [1.54, 1.807) is 11.8 Å². The summed E-state index contributed by atoms with van der Waals surface area (Å²) < 4.78 is 0.916. The molecule has 1 aromatic heterocycles. The molecule has 0 spiro atoms. The van der Waals surface area contributed by atoms with E-state index in [0.29, 0.717) is 18.7 Å². The lowest BCUT2D eigenvalue weighted by atomic mass is 9.80. The fraction of sp³-hybridized carbons (Fsp3) is 0.500. The van der Waals surface area contributed by atoms with Crippen molar-refractivity contribution in [3.05, 3.63) is 20.8 Å². The van der Waals surface area contributed by atoms with Crippen LogP contribution in [0.4, 0.5) is 4.79 Å². The van der Waals surface area contributed by atoms with Crippen molar-refractivity contribution in [2.24, 2.45) is 5.92 Å². The second-order valence-electron chi connectivity index (χ2n) is 5.84. The van der Waals surface area contributed by atoms with Gasteiger partial charge in [0.25, 0.3) is 11.8 Å². The lowest BCUT2D eigenvalue weighted by Gasteiger charge is -2.39. The number of amides is 4. The van der Waals surface area contributed by atoms with Crippen molar-refractivity contribution in [3.63, 3.8) is 0 Å². The van der Waals surface area contributed by atoms with Crippen molar-refractivity contribution in [2.75, 3.05) is 13.1 Å². The third-order valence-corrected chi connectivity index (χ3v) is 5.92. The highest BCUT2D eigenvalue weighted by Gasteiger charge is 2.49. The number of likely N-dealkylation sites (tertiary alicyclic amines) is 1. The largest absolute Gasteiger partial charge is 0.338 e. The minimum absolute atomic E-state index is 0.0278. The molecular formula is C14H16BrN3O3S. The van der Waals surface area contributed by atoms with Crippen LogP contribution >= 0.6 is 27.3 Å². The zero-order chi connectivity index (χ0) is 15.9. The molecule has 2 aliphatic rings. The van der Waals surface area contributed by atoms with Gasteiger partial charge in [0, 0.05) is 24.4 Å². The number of rotatable bonds is 2. The third kappa shape index (κ3) is 2.65. The monoisotopic (exact) mass is 385 g/mol. The average molecular weight is 386 g/mol.